The summed E-state index contributed by atoms with van der Waals surface area (Å²) in [5.41, 5.74) is -1.65. The van der Waals surface area contributed by atoms with Gasteiger partial charge in [-0.1, -0.05) is 30.3 Å². The van der Waals surface area contributed by atoms with Gasteiger partial charge in [0.05, 0.1) is 6.04 Å². The fourth-order valence-electron chi connectivity index (χ4n) is 4.96. The molecule has 0 unspecified atom stereocenters. The molecule has 0 aliphatic heterocycles. The zero-order valence-electron chi connectivity index (χ0n) is 35.3. The summed E-state index contributed by atoms with van der Waals surface area (Å²) in [5, 5.41) is 9.97. The molecule has 0 heterocycles. The molecule has 3 atom stereocenters. The molecule has 17 nitrogen and oxygen atoms in total. The van der Waals surface area contributed by atoms with Crippen LogP contribution in [0.3, 0.4) is 0 Å². The summed E-state index contributed by atoms with van der Waals surface area (Å²) in [6, 6.07) is 4.59. The number of alkyl carbamates (subject to hydrolysis) is 2. The van der Waals surface area contributed by atoms with Gasteiger partial charge < -0.3 is 45.1 Å². The van der Waals surface area contributed by atoms with Crippen LogP contribution in [0, 0.1) is 0 Å². The van der Waals surface area contributed by atoms with E-state index in [4.69, 9.17) is 18.9 Å². The van der Waals surface area contributed by atoms with Gasteiger partial charge in [-0.05, 0) is 100.0 Å². The van der Waals surface area contributed by atoms with E-state index in [9.17, 15) is 38.4 Å². The lowest BCUT2D eigenvalue weighted by atomic mass is 10.0. The zero-order valence-corrected chi connectivity index (χ0v) is 35.3. The van der Waals surface area contributed by atoms with E-state index in [0.717, 1.165) is 0 Å². The number of amides is 5. The number of nitrogens with one attached hydrogen (secondary N) is 4. The van der Waals surface area contributed by atoms with Crippen LogP contribution in [0.5, 0.6) is 0 Å². The molecule has 0 bridgehead atoms. The van der Waals surface area contributed by atoms with E-state index in [1.807, 2.05) is 0 Å². The minimum atomic E-state index is -1.48. The zero-order chi connectivity index (χ0) is 43.6. The highest BCUT2D eigenvalue weighted by molar-refractivity contribution is 6.38. The van der Waals surface area contributed by atoms with Crippen LogP contribution in [-0.4, -0.2) is 108 Å². The molecule has 0 fully saturated rings. The molecule has 0 aromatic heterocycles. The summed E-state index contributed by atoms with van der Waals surface area (Å²) in [7, 11) is 2.89. The number of esters is 2. The van der Waals surface area contributed by atoms with Crippen molar-refractivity contribution in [2.24, 2.45) is 0 Å². The Labute approximate surface area is 336 Å². The number of unbranched alkanes of at least 4 members (excludes halogenated alkanes) is 1. The highest BCUT2D eigenvalue weighted by atomic mass is 16.6. The van der Waals surface area contributed by atoms with Gasteiger partial charge in [0.1, 0.15) is 35.5 Å². The first kappa shape index (κ1) is 49.8. The van der Waals surface area contributed by atoms with Crippen LogP contribution < -0.4 is 21.3 Å². The average Bonchev–Trinajstić information content (AvgIpc) is 3.07. The van der Waals surface area contributed by atoms with Crippen molar-refractivity contribution < 1.29 is 57.3 Å². The third kappa shape index (κ3) is 22.8. The normalized spacial score (nSPS) is 13.1. The Morgan fingerprint density at radius 1 is 0.614 bits per heavy atom. The lowest BCUT2D eigenvalue weighted by Crippen LogP contribution is -2.56. The minimum absolute atomic E-state index is 0.102. The average molecular weight is 806 g/mol. The molecule has 320 valence electrons. The first-order valence-corrected chi connectivity index (χ1v) is 19.0. The summed E-state index contributed by atoms with van der Waals surface area (Å²) in [4.78, 5) is 105. The van der Waals surface area contributed by atoms with Crippen LogP contribution in [0.2, 0.25) is 0 Å². The van der Waals surface area contributed by atoms with E-state index in [0.29, 0.717) is 12.0 Å². The fraction of sp³-hybridized carbons (Fsp3) is 0.650. The summed E-state index contributed by atoms with van der Waals surface area (Å²) in [6.45, 7) is 15.2. The molecule has 57 heavy (non-hydrogen) atoms. The number of hydrogen-bond donors (Lipinski definition) is 4. The quantitative estimate of drug-likeness (QED) is 0.0639. The van der Waals surface area contributed by atoms with Gasteiger partial charge in [-0.25, -0.2) is 9.59 Å². The first-order valence-electron chi connectivity index (χ1n) is 19.0. The highest BCUT2D eigenvalue weighted by Crippen LogP contribution is 2.14. The van der Waals surface area contributed by atoms with Gasteiger partial charge in [0.25, 0.3) is 5.91 Å². The largest absolute Gasteiger partial charge is 0.460 e. The van der Waals surface area contributed by atoms with Crippen LogP contribution >= 0.6 is 0 Å². The Morgan fingerprint density at radius 2 is 1.14 bits per heavy atom. The smallest absolute Gasteiger partial charge is 0.408 e. The number of hydrogen-bond acceptors (Lipinski definition) is 12. The molecule has 1 aromatic rings. The molecular formula is C40H63N5O12. The topological polar surface area (TPSA) is 225 Å². The minimum Gasteiger partial charge on any atom is -0.460 e. The van der Waals surface area contributed by atoms with Gasteiger partial charge >= 0.3 is 24.1 Å². The molecule has 0 saturated carbocycles. The van der Waals surface area contributed by atoms with E-state index < -0.39 is 82.6 Å². The standard InChI is InChI=1S/C40H63N5O12/c1-38(2,3)55-30(46)22-20-28(44-37(53)54-25-26-17-13-12-14-18-26)33(49)42-27(19-15-16-24-41-36(52)57-40(7,8)9)32(48)34(50)43-29(35(51)45(10)11)21-23-31(47)56-39(4,5)6/h12-14,17-18,27-29H,15-16,19-25H2,1-11H3,(H,41,52)(H,42,49)(H,43,50)(H,44,53)/t27-,28-,29-/m0/s1. The fourth-order valence-corrected chi connectivity index (χ4v) is 4.96. The summed E-state index contributed by atoms with van der Waals surface area (Å²) < 4.78 is 21.2. The number of rotatable bonds is 20. The monoisotopic (exact) mass is 805 g/mol. The molecule has 0 aliphatic rings. The molecule has 5 amide bonds. The number of likely N-dealkylation sites (N-methyl/N-ethyl adjacent to an activating group) is 1. The lowest BCUT2D eigenvalue weighted by Gasteiger charge is -2.25. The van der Waals surface area contributed by atoms with E-state index in [2.05, 4.69) is 21.3 Å². The first-order chi connectivity index (χ1) is 26.3. The van der Waals surface area contributed by atoms with Crippen molar-refractivity contribution in [1.29, 1.82) is 0 Å². The van der Waals surface area contributed by atoms with E-state index >= 15 is 0 Å². The summed E-state index contributed by atoms with van der Waals surface area (Å²) in [5.74, 6) is -5.08. The lowest BCUT2D eigenvalue weighted by molar-refractivity contribution is -0.156. The Balaban J connectivity index is 3.29. The van der Waals surface area contributed by atoms with Crippen LogP contribution in [0.15, 0.2) is 30.3 Å². The molecule has 1 rings (SSSR count). The summed E-state index contributed by atoms with van der Waals surface area (Å²) in [6.07, 6.45) is -2.18. The summed E-state index contributed by atoms with van der Waals surface area (Å²) >= 11 is 0. The molecule has 17 heteroatoms. The highest BCUT2D eigenvalue weighted by Gasteiger charge is 2.34. The predicted octanol–water partition coefficient (Wildman–Crippen LogP) is 3.85. The van der Waals surface area contributed by atoms with Crippen molar-refractivity contribution in [3.05, 3.63) is 35.9 Å². The molecular weight excluding hydrogens is 742 g/mol. The molecule has 4 N–H and O–H groups in total. The SMILES string of the molecule is CN(C)C(=O)[C@H](CCC(=O)OC(C)(C)C)NC(=O)C(=O)[C@H](CCCCNC(=O)OC(C)(C)C)NC(=O)[C@H](CCC(=O)OC(C)(C)C)NC(=O)OCc1ccccc1. The van der Waals surface area contributed by atoms with Crippen molar-refractivity contribution in [1.82, 2.24) is 26.2 Å². The van der Waals surface area contributed by atoms with Crippen molar-refractivity contribution >= 4 is 47.6 Å². The van der Waals surface area contributed by atoms with Gasteiger partial charge in [0.15, 0.2) is 0 Å². The number of Topliss-reactive ketones (excluding diaryl/α,β-unsaturated/α-hetero) is 1. The maximum atomic E-state index is 13.8. The Kier molecular flexibility index (Phi) is 20.2. The van der Waals surface area contributed by atoms with E-state index in [1.54, 1.807) is 92.6 Å². The van der Waals surface area contributed by atoms with E-state index in [1.165, 1.54) is 19.0 Å². The van der Waals surface area contributed by atoms with Crippen molar-refractivity contribution in [3.8, 4) is 0 Å². The second-order valence-electron chi connectivity index (χ2n) is 16.6. The molecule has 0 saturated heterocycles. The number of benzene rings is 1. The van der Waals surface area contributed by atoms with Crippen LogP contribution in [0.4, 0.5) is 9.59 Å². The van der Waals surface area contributed by atoms with Crippen molar-refractivity contribution in [2.45, 2.75) is 149 Å². The second-order valence-corrected chi connectivity index (χ2v) is 16.6. The molecule has 1 aromatic carbocycles. The molecule has 0 radical (unpaired) electrons. The second kappa shape index (κ2) is 23.1. The van der Waals surface area contributed by atoms with Gasteiger partial charge in [-0.2, -0.15) is 0 Å². The van der Waals surface area contributed by atoms with Crippen LogP contribution in [0.25, 0.3) is 0 Å². The maximum Gasteiger partial charge on any atom is 0.408 e. The van der Waals surface area contributed by atoms with Crippen LogP contribution in [0.1, 0.15) is 113 Å². The third-order valence-electron chi connectivity index (χ3n) is 7.42. The number of carbonyl (C=O) groups is 8. The number of ether oxygens (including phenoxy) is 4. The van der Waals surface area contributed by atoms with Crippen LogP contribution in [-0.2, 0) is 54.3 Å². The third-order valence-corrected chi connectivity index (χ3v) is 7.42. The number of nitrogens with zero attached hydrogens (tertiary/aromatic N) is 1. The molecule has 0 aliphatic carbocycles. The molecule has 0 spiro atoms. The van der Waals surface area contributed by atoms with E-state index in [-0.39, 0.29) is 51.7 Å². The number of ketones is 1. The van der Waals surface area contributed by atoms with Gasteiger partial charge in [0, 0.05) is 33.5 Å². The Hall–Kier alpha value is -5.22. The Morgan fingerprint density at radius 3 is 1.65 bits per heavy atom. The Bertz CT molecular complexity index is 1530. The van der Waals surface area contributed by atoms with Gasteiger partial charge in [-0.3, -0.25) is 28.8 Å². The van der Waals surface area contributed by atoms with Gasteiger partial charge in [0.2, 0.25) is 17.6 Å². The van der Waals surface area contributed by atoms with Gasteiger partial charge in [-0.15, -0.1) is 0 Å². The number of carbonyl (C=O) groups excluding carboxylic acids is 8. The maximum absolute atomic E-state index is 13.8. The van der Waals surface area contributed by atoms with Crippen molar-refractivity contribution in [3.63, 3.8) is 0 Å². The van der Waals surface area contributed by atoms with Crippen molar-refractivity contribution in [2.75, 3.05) is 20.6 Å². The predicted molar refractivity (Wildman–Crippen MR) is 209 cm³/mol.